The highest BCUT2D eigenvalue weighted by atomic mass is 35.5. The summed E-state index contributed by atoms with van der Waals surface area (Å²) in [6.45, 7) is 1.53. The minimum Gasteiger partial charge on any atom is -0.477 e. The Kier molecular flexibility index (Phi) is 2.83. The average Bonchev–Trinajstić information content (AvgIpc) is 3.21. The van der Waals surface area contributed by atoms with Crippen molar-refractivity contribution in [3.8, 4) is 0 Å². The van der Waals surface area contributed by atoms with Crippen LogP contribution in [0.25, 0.3) is 10.9 Å². The zero-order chi connectivity index (χ0) is 14.6. The van der Waals surface area contributed by atoms with Crippen molar-refractivity contribution in [1.29, 1.82) is 0 Å². The fourth-order valence-corrected chi connectivity index (χ4v) is 2.62. The summed E-state index contributed by atoms with van der Waals surface area (Å²) < 4.78 is 15.5. The number of aromatic nitrogens is 1. The number of fused-ring (bicyclic) bond motifs is 1. The molecule has 1 aromatic heterocycles. The summed E-state index contributed by atoms with van der Waals surface area (Å²) in [5.41, 5.74) is -0.381. The number of carbonyl (C=O) groups is 1. The van der Waals surface area contributed by atoms with E-state index in [1.165, 1.54) is 13.1 Å². The van der Waals surface area contributed by atoms with E-state index in [9.17, 15) is 14.0 Å². The maximum atomic E-state index is 13.8. The van der Waals surface area contributed by atoms with E-state index in [1.54, 1.807) is 4.57 Å². The van der Waals surface area contributed by atoms with Crippen LogP contribution < -0.4 is 5.43 Å². The van der Waals surface area contributed by atoms with Crippen molar-refractivity contribution in [2.45, 2.75) is 25.8 Å². The van der Waals surface area contributed by atoms with Crippen LogP contribution in [0.15, 0.2) is 17.1 Å². The first kappa shape index (κ1) is 13.1. The van der Waals surface area contributed by atoms with Crippen molar-refractivity contribution in [3.63, 3.8) is 0 Å². The summed E-state index contributed by atoms with van der Waals surface area (Å²) in [6.07, 6.45) is 3.10. The van der Waals surface area contributed by atoms with Crippen LogP contribution in [0.1, 0.15) is 34.8 Å². The molecule has 0 radical (unpaired) electrons. The smallest absolute Gasteiger partial charge is 0.341 e. The van der Waals surface area contributed by atoms with Crippen LogP contribution in [0.5, 0.6) is 0 Å². The quantitative estimate of drug-likeness (QED) is 0.926. The lowest BCUT2D eigenvalue weighted by Crippen LogP contribution is -2.19. The predicted molar refractivity (Wildman–Crippen MR) is 73.1 cm³/mol. The van der Waals surface area contributed by atoms with E-state index >= 15 is 0 Å². The third-order valence-corrected chi connectivity index (χ3v) is 4.07. The van der Waals surface area contributed by atoms with Gasteiger partial charge in [0.1, 0.15) is 11.4 Å². The third-order valence-electron chi connectivity index (χ3n) is 3.61. The van der Waals surface area contributed by atoms with E-state index in [-0.39, 0.29) is 27.6 Å². The average molecular weight is 296 g/mol. The van der Waals surface area contributed by atoms with E-state index in [0.29, 0.717) is 5.52 Å². The Morgan fingerprint density at radius 2 is 2.15 bits per heavy atom. The summed E-state index contributed by atoms with van der Waals surface area (Å²) in [5.74, 6) is -1.92. The van der Waals surface area contributed by atoms with Crippen LogP contribution in [0.2, 0.25) is 5.02 Å². The maximum absolute atomic E-state index is 13.8. The number of rotatable bonds is 2. The van der Waals surface area contributed by atoms with Gasteiger partial charge in [0.15, 0.2) is 0 Å². The third kappa shape index (κ3) is 1.81. The molecule has 1 aliphatic rings. The molecule has 0 aliphatic heterocycles. The molecular formula is C14H11ClFNO3. The molecule has 0 unspecified atom stereocenters. The van der Waals surface area contributed by atoms with Gasteiger partial charge in [-0.2, -0.15) is 0 Å². The van der Waals surface area contributed by atoms with Gasteiger partial charge in [0.25, 0.3) is 0 Å². The van der Waals surface area contributed by atoms with Gasteiger partial charge in [0, 0.05) is 17.8 Å². The Morgan fingerprint density at radius 1 is 1.50 bits per heavy atom. The van der Waals surface area contributed by atoms with Gasteiger partial charge in [0.2, 0.25) is 5.43 Å². The first-order valence-electron chi connectivity index (χ1n) is 6.18. The van der Waals surface area contributed by atoms with Gasteiger partial charge in [-0.3, -0.25) is 4.79 Å². The summed E-state index contributed by atoms with van der Waals surface area (Å²) >= 11 is 6.17. The van der Waals surface area contributed by atoms with Gasteiger partial charge >= 0.3 is 5.97 Å². The van der Waals surface area contributed by atoms with Gasteiger partial charge in [-0.1, -0.05) is 11.6 Å². The molecule has 0 amide bonds. The van der Waals surface area contributed by atoms with Crippen molar-refractivity contribution in [1.82, 2.24) is 4.57 Å². The monoisotopic (exact) mass is 295 g/mol. The second kappa shape index (κ2) is 4.31. The molecule has 1 aliphatic carbocycles. The number of carboxylic acids is 1. The van der Waals surface area contributed by atoms with Crippen LogP contribution in [-0.2, 0) is 0 Å². The number of hydrogen-bond acceptors (Lipinski definition) is 2. The topological polar surface area (TPSA) is 59.3 Å². The normalized spacial score (nSPS) is 14.8. The van der Waals surface area contributed by atoms with Crippen molar-refractivity contribution in [2.24, 2.45) is 0 Å². The first-order chi connectivity index (χ1) is 9.41. The van der Waals surface area contributed by atoms with Crippen LogP contribution in [0.3, 0.4) is 0 Å². The standard InChI is InChI=1S/C14H11ClFNO3/c1-6-10(16)4-8-12(11(6)15)17(7-2-3-7)5-9(13(8)18)14(19)20/h4-5,7H,2-3H2,1H3,(H,19,20). The molecule has 1 N–H and O–H groups in total. The maximum Gasteiger partial charge on any atom is 0.341 e. The molecule has 0 bridgehead atoms. The molecule has 1 fully saturated rings. The molecule has 104 valence electrons. The molecular weight excluding hydrogens is 285 g/mol. The van der Waals surface area contributed by atoms with E-state index in [1.807, 2.05) is 0 Å². The molecule has 6 heteroatoms. The van der Waals surface area contributed by atoms with Gasteiger partial charge < -0.3 is 9.67 Å². The first-order valence-corrected chi connectivity index (χ1v) is 6.56. The highest BCUT2D eigenvalue weighted by Gasteiger charge is 2.28. The number of nitrogens with zero attached hydrogens (tertiary/aromatic N) is 1. The van der Waals surface area contributed by atoms with Crippen molar-refractivity contribution < 1.29 is 14.3 Å². The van der Waals surface area contributed by atoms with Crippen molar-refractivity contribution in [2.75, 3.05) is 0 Å². The van der Waals surface area contributed by atoms with Gasteiger partial charge in [-0.15, -0.1) is 0 Å². The molecule has 1 aromatic carbocycles. The van der Waals surface area contributed by atoms with Crippen LogP contribution in [-0.4, -0.2) is 15.6 Å². The van der Waals surface area contributed by atoms with Crippen LogP contribution in [0, 0.1) is 12.7 Å². The van der Waals surface area contributed by atoms with Crippen molar-refractivity contribution in [3.05, 3.63) is 44.5 Å². The second-order valence-corrected chi connectivity index (χ2v) is 5.39. The molecule has 0 atom stereocenters. The zero-order valence-electron chi connectivity index (χ0n) is 10.6. The molecule has 4 nitrogen and oxygen atoms in total. The lowest BCUT2D eigenvalue weighted by Gasteiger charge is -2.14. The summed E-state index contributed by atoms with van der Waals surface area (Å²) in [6, 6.07) is 1.20. The molecule has 1 heterocycles. The Balaban J connectivity index is 2.52. The Bertz CT molecular complexity index is 808. The molecule has 3 rings (SSSR count). The fourth-order valence-electron chi connectivity index (χ4n) is 2.33. The van der Waals surface area contributed by atoms with Gasteiger partial charge in [-0.05, 0) is 25.8 Å². The zero-order valence-corrected chi connectivity index (χ0v) is 11.4. The number of benzene rings is 1. The molecule has 0 spiro atoms. The largest absolute Gasteiger partial charge is 0.477 e. The Labute approximate surface area is 118 Å². The van der Waals surface area contributed by atoms with Gasteiger partial charge in [0.05, 0.1) is 15.9 Å². The highest BCUT2D eigenvalue weighted by molar-refractivity contribution is 6.36. The number of pyridine rings is 1. The fraction of sp³-hybridized carbons (Fsp3) is 0.286. The number of aromatic carboxylic acids is 1. The molecule has 1 saturated carbocycles. The van der Waals surface area contributed by atoms with Gasteiger partial charge in [-0.25, -0.2) is 9.18 Å². The van der Waals surface area contributed by atoms with Crippen LogP contribution in [0.4, 0.5) is 4.39 Å². The van der Waals surface area contributed by atoms with Crippen LogP contribution >= 0.6 is 11.6 Å². The highest BCUT2D eigenvalue weighted by Crippen LogP contribution is 2.39. The molecule has 0 saturated heterocycles. The minimum absolute atomic E-state index is 0.0184. The Hall–Kier alpha value is -1.88. The summed E-state index contributed by atoms with van der Waals surface area (Å²) in [4.78, 5) is 23.3. The number of hydrogen-bond donors (Lipinski definition) is 1. The van der Waals surface area contributed by atoms with E-state index in [4.69, 9.17) is 16.7 Å². The summed E-state index contributed by atoms with van der Waals surface area (Å²) in [7, 11) is 0. The SMILES string of the molecule is Cc1c(F)cc2c(=O)c(C(=O)O)cn(C3CC3)c2c1Cl. The van der Waals surface area contributed by atoms with E-state index in [0.717, 1.165) is 18.9 Å². The van der Waals surface area contributed by atoms with E-state index < -0.39 is 17.2 Å². The summed E-state index contributed by atoms with van der Waals surface area (Å²) in [5, 5.41) is 9.29. The lowest BCUT2D eigenvalue weighted by atomic mass is 10.1. The van der Waals surface area contributed by atoms with Crippen molar-refractivity contribution >= 4 is 28.5 Å². The molecule has 20 heavy (non-hydrogen) atoms. The predicted octanol–water partition coefficient (Wildman–Crippen LogP) is 3.14. The minimum atomic E-state index is -1.32. The number of carboxylic acid groups (broad SMARTS) is 1. The number of halogens is 2. The lowest BCUT2D eigenvalue weighted by molar-refractivity contribution is 0.0695. The molecule has 2 aromatic rings. The second-order valence-electron chi connectivity index (χ2n) is 5.01. The Morgan fingerprint density at radius 3 is 2.70 bits per heavy atom. The van der Waals surface area contributed by atoms with E-state index in [2.05, 4.69) is 0 Å².